The molecule has 0 fully saturated rings. The van der Waals surface area contributed by atoms with Crippen LogP contribution in [0.3, 0.4) is 0 Å². The zero-order valence-electron chi connectivity index (χ0n) is 5.83. The molecule has 2 heterocycles. The quantitative estimate of drug-likeness (QED) is 0.571. The van der Waals surface area contributed by atoms with Crippen molar-refractivity contribution in [2.75, 3.05) is 7.05 Å². The van der Waals surface area contributed by atoms with Gasteiger partial charge in [-0.05, 0) is 6.08 Å². The van der Waals surface area contributed by atoms with Gasteiger partial charge in [-0.15, -0.1) is 0 Å². The molecule has 1 aliphatic heterocycles. The summed E-state index contributed by atoms with van der Waals surface area (Å²) in [5, 5.41) is 0. The maximum Gasteiger partial charge on any atom is 0.0929 e. The topological polar surface area (TPSA) is 31.9 Å². The minimum absolute atomic E-state index is 0.936. The van der Waals surface area contributed by atoms with Gasteiger partial charge in [-0.25, -0.2) is 4.98 Å². The lowest BCUT2D eigenvalue weighted by molar-refractivity contribution is 0.441. The van der Waals surface area contributed by atoms with E-state index in [0.29, 0.717) is 0 Å². The van der Waals surface area contributed by atoms with Crippen molar-refractivity contribution in [3.05, 3.63) is 23.9 Å². The highest BCUT2D eigenvalue weighted by atomic mass is 15.1. The van der Waals surface area contributed by atoms with Crippen molar-refractivity contribution in [2.24, 2.45) is 0 Å². The van der Waals surface area contributed by atoms with E-state index in [0.717, 1.165) is 12.2 Å². The first-order valence-corrected chi connectivity index (χ1v) is 3.27. The summed E-state index contributed by atoms with van der Waals surface area (Å²) in [6.45, 7) is 0.936. The van der Waals surface area contributed by atoms with Gasteiger partial charge in [0, 0.05) is 13.2 Å². The monoisotopic (exact) mass is 135 g/mol. The van der Waals surface area contributed by atoms with E-state index in [1.54, 1.807) is 6.33 Å². The zero-order valence-corrected chi connectivity index (χ0v) is 5.83. The van der Waals surface area contributed by atoms with Gasteiger partial charge in [0.15, 0.2) is 0 Å². The van der Waals surface area contributed by atoms with Crippen LogP contribution in [0.2, 0.25) is 0 Å². The lowest BCUT2D eigenvalue weighted by Crippen LogP contribution is -2.14. The second kappa shape index (κ2) is 1.87. The predicted octanol–water partition coefficient (Wildman–Crippen LogP) is 0.826. The molecule has 2 rings (SSSR count). The minimum atomic E-state index is 0.936. The van der Waals surface area contributed by atoms with Gasteiger partial charge in [0.1, 0.15) is 0 Å². The van der Waals surface area contributed by atoms with Crippen LogP contribution in [0.15, 0.2) is 12.5 Å². The van der Waals surface area contributed by atoms with Crippen LogP contribution >= 0.6 is 0 Å². The molecule has 0 saturated heterocycles. The third kappa shape index (κ3) is 0.708. The highest BCUT2D eigenvalue weighted by molar-refractivity contribution is 5.48. The molecule has 52 valence electrons. The average Bonchev–Trinajstić information content (AvgIpc) is 2.33. The Bertz CT molecular complexity index is 262. The maximum absolute atomic E-state index is 4.12. The number of aromatic nitrogens is 2. The SMILES string of the molecule is CN1C=Cc2nc[nH]c2C1. The molecule has 0 amide bonds. The molecule has 1 aromatic heterocycles. The molecule has 0 aliphatic carbocycles. The fourth-order valence-corrected chi connectivity index (χ4v) is 1.10. The fourth-order valence-electron chi connectivity index (χ4n) is 1.10. The molecule has 0 aromatic carbocycles. The Hall–Kier alpha value is -1.25. The first-order valence-electron chi connectivity index (χ1n) is 3.27. The van der Waals surface area contributed by atoms with E-state index in [1.165, 1.54) is 5.69 Å². The Morgan fingerprint density at radius 3 is 3.50 bits per heavy atom. The Kier molecular flexibility index (Phi) is 1.03. The van der Waals surface area contributed by atoms with Gasteiger partial charge in [-0.2, -0.15) is 0 Å². The number of nitrogens with zero attached hydrogens (tertiary/aromatic N) is 2. The van der Waals surface area contributed by atoms with Gasteiger partial charge in [0.25, 0.3) is 0 Å². The van der Waals surface area contributed by atoms with Crippen LogP contribution in [0, 0.1) is 0 Å². The second-order valence-electron chi connectivity index (χ2n) is 2.50. The van der Waals surface area contributed by atoms with Gasteiger partial charge in [0.05, 0.1) is 24.3 Å². The van der Waals surface area contributed by atoms with Gasteiger partial charge in [-0.1, -0.05) is 0 Å². The number of rotatable bonds is 0. The number of fused-ring (bicyclic) bond motifs is 1. The number of hydrogen-bond donors (Lipinski definition) is 1. The summed E-state index contributed by atoms with van der Waals surface area (Å²) in [5.74, 6) is 0. The molecule has 0 spiro atoms. The Morgan fingerprint density at radius 1 is 1.70 bits per heavy atom. The molecule has 10 heavy (non-hydrogen) atoms. The molecule has 1 aromatic rings. The molecule has 0 bridgehead atoms. The summed E-state index contributed by atoms with van der Waals surface area (Å²) in [6.07, 6.45) is 5.77. The van der Waals surface area contributed by atoms with Gasteiger partial charge in [-0.3, -0.25) is 0 Å². The number of nitrogens with one attached hydrogen (secondary N) is 1. The molecule has 1 aliphatic rings. The Balaban J connectivity index is 2.43. The van der Waals surface area contributed by atoms with Crippen LogP contribution in [0.1, 0.15) is 11.4 Å². The van der Waals surface area contributed by atoms with E-state index in [4.69, 9.17) is 0 Å². The maximum atomic E-state index is 4.12. The normalized spacial score (nSPS) is 15.5. The number of aromatic amines is 1. The lowest BCUT2D eigenvalue weighted by Gasteiger charge is -2.16. The summed E-state index contributed by atoms with van der Waals surface area (Å²) >= 11 is 0. The van der Waals surface area contributed by atoms with E-state index in [9.17, 15) is 0 Å². The zero-order chi connectivity index (χ0) is 6.97. The number of hydrogen-bond acceptors (Lipinski definition) is 2. The van der Waals surface area contributed by atoms with Gasteiger partial charge >= 0.3 is 0 Å². The lowest BCUT2D eigenvalue weighted by atomic mass is 10.2. The standard InChI is InChI=1S/C7H9N3/c1-10-3-2-6-7(4-10)9-5-8-6/h2-3,5H,4H2,1H3,(H,8,9). The van der Waals surface area contributed by atoms with Crippen molar-refractivity contribution in [2.45, 2.75) is 6.54 Å². The first kappa shape index (κ1) is 5.53. The molecule has 3 heteroatoms. The van der Waals surface area contributed by atoms with E-state index in [-0.39, 0.29) is 0 Å². The molecule has 1 N–H and O–H groups in total. The van der Waals surface area contributed by atoms with E-state index >= 15 is 0 Å². The molecular weight excluding hydrogens is 126 g/mol. The largest absolute Gasteiger partial charge is 0.374 e. The van der Waals surface area contributed by atoms with Crippen molar-refractivity contribution in [3.8, 4) is 0 Å². The van der Waals surface area contributed by atoms with Crippen molar-refractivity contribution in [3.63, 3.8) is 0 Å². The van der Waals surface area contributed by atoms with Gasteiger partial charge in [0.2, 0.25) is 0 Å². The van der Waals surface area contributed by atoms with Crippen molar-refractivity contribution >= 4 is 6.08 Å². The number of H-pyrrole nitrogens is 1. The van der Waals surface area contributed by atoms with Crippen LogP contribution in [-0.2, 0) is 6.54 Å². The van der Waals surface area contributed by atoms with Crippen LogP contribution in [0.5, 0.6) is 0 Å². The molecule has 3 nitrogen and oxygen atoms in total. The predicted molar refractivity (Wildman–Crippen MR) is 39.1 cm³/mol. The number of imidazole rings is 1. The first-order chi connectivity index (χ1) is 4.86. The van der Waals surface area contributed by atoms with Crippen LogP contribution in [0.4, 0.5) is 0 Å². The Morgan fingerprint density at radius 2 is 2.60 bits per heavy atom. The van der Waals surface area contributed by atoms with Gasteiger partial charge < -0.3 is 9.88 Å². The highest BCUT2D eigenvalue weighted by Crippen LogP contribution is 2.12. The molecular formula is C7H9N3. The summed E-state index contributed by atoms with van der Waals surface area (Å²) in [6, 6.07) is 0. The summed E-state index contributed by atoms with van der Waals surface area (Å²) in [7, 11) is 2.04. The van der Waals surface area contributed by atoms with E-state index in [1.807, 2.05) is 19.3 Å². The smallest absolute Gasteiger partial charge is 0.0929 e. The molecule has 0 radical (unpaired) electrons. The summed E-state index contributed by atoms with van der Waals surface area (Å²) < 4.78 is 0. The average molecular weight is 135 g/mol. The van der Waals surface area contributed by atoms with Crippen molar-refractivity contribution in [1.29, 1.82) is 0 Å². The third-order valence-electron chi connectivity index (χ3n) is 1.65. The fraction of sp³-hybridized carbons (Fsp3) is 0.286. The van der Waals surface area contributed by atoms with Crippen LogP contribution in [0.25, 0.3) is 6.08 Å². The molecule has 0 unspecified atom stereocenters. The highest BCUT2D eigenvalue weighted by Gasteiger charge is 2.07. The summed E-state index contributed by atoms with van der Waals surface area (Å²) in [5.41, 5.74) is 2.27. The van der Waals surface area contributed by atoms with Crippen LogP contribution in [-0.4, -0.2) is 21.9 Å². The third-order valence-corrected chi connectivity index (χ3v) is 1.65. The second-order valence-corrected chi connectivity index (χ2v) is 2.50. The molecule has 0 atom stereocenters. The van der Waals surface area contributed by atoms with Crippen LogP contribution < -0.4 is 0 Å². The minimum Gasteiger partial charge on any atom is -0.374 e. The molecule has 0 saturated carbocycles. The Labute approximate surface area is 59.4 Å². The van der Waals surface area contributed by atoms with E-state index in [2.05, 4.69) is 14.9 Å². The van der Waals surface area contributed by atoms with Crippen molar-refractivity contribution in [1.82, 2.24) is 14.9 Å². The summed E-state index contributed by atoms with van der Waals surface area (Å²) in [4.78, 5) is 9.32. The van der Waals surface area contributed by atoms with E-state index < -0.39 is 0 Å². The van der Waals surface area contributed by atoms with Crippen molar-refractivity contribution < 1.29 is 0 Å².